The van der Waals surface area contributed by atoms with Crippen LogP contribution in [0.3, 0.4) is 0 Å². The number of halogens is 1. The van der Waals surface area contributed by atoms with Crippen LogP contribution >= 0.6 is 27.3 Å². The minimum absolute atomic E-state index is 0.0775. The maximum absolute atomic E-state index is 12.2. The van der Waals surface area contributed by atoms with Crippen LogP contribution in [-0.2, 0) is 21.2 Å². The van der Waals surface area contributed by atoms with Crippen LogP contribution in [0.2, 0.25) is 0 Å². The van der Waals surface area contributed by atoms with Gasteiger partial charge in [0.2, 0.25) is 0 Å². The van der Waals surface area contributed by atoms with Crippen LogP contribution in [0.5, 0.6) is 0 Å². The first-order valence-electron chi connectivity index (χ1n) is 5.93. The van der Waals surface area contributed by atoms with Crippen LogP contribution < -0.4 is 4.72 Å². The summed E-state index contributed by atoms with van der Waals surface area (Å²) in [5, 5.41) is 9.22. The third-order valence-corrected chi connectivity index (χ3v) is 6.28. The van der Waals surface area contributed by atoms with E-state index in [0.29, 0.717) is 3.79 Å². The van der Waals surface area contributed by atoms with Gasteiger partial charge in [-0.25, -0.2) is 8.42 Å². The molecule has 2 aromatic rings. The van der Waals surface area contributed by atoms with Gasteiger partial charge in [0.05, 0.1) is 3.79 Å². The first kappa shape index (κ1) is 16.2. The van der Waals surface area contributed by atoms with Crippen molar-refractivity contribution < 1.29 is 18.3 Å². The Morgan fingerprint density at radius 1 is 1.24 bits per heavy atom. The van der Waals surface area contributed by atoms with Crippen molar-refractivity contribution in [1.29, 1.82) is 0 Å². The van der Waals surface area contributed by atoms with E-state index >= 15 is 0 Å². The SMILES string of the molecule is O=C(O)C(Cc1ccccc1)NS(=O)(=O)c1ccc(Br)s1. The van der Waals surface area contributed by atoms with Crippen molar-refractivity contribution in [3.63, 3.8) is 0 Å². The molecule has 0 saturated heterocycles. The highest BCUT2D eigenvalue weighted by atomic mass is 79.9. The smallest absolute Gasteiger partial charge is 0.322 e. The number of hydrogen-bond acceptors (Lipinski definition) is 4. The van der Waals surface area contributed by atoms with Crippen molar-refractivity contribution >= 4 is 43.3 Å². The molecule has 1 aromatic carbocycles. The Morgan fingerprint density at radius 3 is 2.43 bits per heavy atom. The highest BCUT2D eigenvalue weighted by Gasteiger charge is 2.26. The second-order valence-electron chi connectivity index (χ2n) is 4.26. The molecular weight excluding hydrogens is 378 g/mol. The van der Waals surface area contributed by atoms with E-state index in [1.165, 1.54) is 6.07 Å². The average molecular weight is 390 g/mol. The van der Waals surface area contributed by atoms with Gasteiger partial charge >= 0.3 is 5.97 Å². The van der Waals surface area contributed by atoms with Gasteiger partial charge in [-0.2, -0.15) is 4.72 Å². The molecule has 0 amide bonds. The van der Waals surface area contributed by atoms with E-state index in [2.05, 4.69) is 20.7 Å². The van der Waals surface area contributed by atoms with Gasteiger partial charge in [-0.15, -0.1) is 11.3 Å². The second-order valence-corrected chi connectivity index (χ2v) is 8.66. The van der Waals surface area contributed by atoms with E-state index in [4.69, 9.17) is 0 Å². The molecule has 112 valence electrons. The highest BCUT2D eigenvalue weighted by Crippen LogP contribution is 2.26. The Labute approximate surface area is 134 Å². The normalized spacial score (nSPS) is 13.0. The minimum Gasteiger partial charge on any atom is -0.480 e. The molecule has 1 aromatic heterocycles. The molecule has 1 unspecified atom stereocenters. The van der Waals surface area contributed by atoms with Crippen molar-refractivity contribution in [3.8, 4) is 0 Å². The zero-order valence-electron chi connectivity index (χ0n) is 10.7. The van der Waals surface area contributed by atoms with E-state index in [0.717, 1.165) is 16.9 Å². The van der Waals surface area contributed by atoms with E-state index in [1.807, 2.05) is 6.07 Å². The molecule has 1 atom stereocenters. The average Bonchev–Trinajstić information content (AvgIpc) is 2.86. The third-order valence-electron chi connectivity index (χ3n) is 2.69. The maximum Gasteiger partial charge on any atom is 0.322 e. The van der Waals surface area contributed by atoms with Crippen molar-refractivity contribution in [1.82, 2.24) is 4.72 Å². The molecule has 0 saturated carbocycles. The van der Waals surface area contributed by atoms with Gasteiger partial charge in [-0.1, -0.05) is 30.3 Å². The molecule has 0 bridgehead atoms. The largest absolute Gasteiger partial charge is 0.480 e. The summed E-state index contributed by atoms with van der Waals surface area (Å²) >= 11 is 4.21. The number of carboxylic acid groups (broad SMARTS) is 1. The van der Waals surface area contributed by atoms with Crippen molar-refractivity contribution in [2.45, 2.75) is 16.7 Å². The molecule has 0 aliphatic heterocycles. The van der Waals surface area contributed by atoms with Crippen molar-refractivity contribution in [2.24, 2.45) is 0 Å². The molecule has 1 heterocycles. The standard InChI is InChI=1S/C13H12BrNO4S2/c14-11-6-7-12(20-11)21(18,19)15-10(13(16)17)8-9-4-2-1-3-5-9/h1-7,10,15H,8H2,(H,16,17). The summed E-state index contributed by atoms with van der Waals surface area (Å²) < 4.78 is 27.3. The van der Waals surface area contributed by atoms with Crippen LogP contribution in [0, 0.1) is 0 Å². The lowest BCUT2D eigenvalue weighted by molar-refractivity contribution is -0.138. The molecule has 0 aliphatic carbocycles. The molecule has 0 aliphatic rings. The lowest BCUT2D eigenvalue weighted by Crippen LogP contribution is -2.42. The lowest BCUT2D eigenvalue weighted by Gasteiger charge is -2.14. The summed E-state index contributed by atoms with van der Waals surface area (Å²) in [7, 11) is -3.85. The van der Waals surface area contributed by atoms with Crippen LogP contribution in [-0.4, -0.2) is 25.5 Å². The summed E-state index contributed by atoms with van der Waals surface area (Å²) in [5.41, 5.74) is 0.750. The maximum atomic E-state index is 12.2. The summed E-state index contributed by atoms with van der Waals surface area (Å²) in [6, 6.07) is 10.7. The molecule has 21 heavy (non-hydrogen) atoms. The number of carboxylic acids is 1. The van der Waals surface area contributed by atoms with E-state index in [9.17, 15) is 18.3 Å². The fourth-order valence-electron chi connectivity index (χ4n) is 1.72. The molecule has 2 N–H and O–H groups in total. The molecule has 5 nitrogen and oxygen atoms in total. The monoisotopic (exact) mass is 389 g/mol. The summed E-state index contributed by atoms with van der Waals surface area (Å²) in [6.45, 7) is 0. The van der Waals surface area contributed by atoms with E-state index in [1.54, 1.807) is 30.3 Å². The fourth-order valence-corrected chi connectivity index (χ4v) is 4.93. The van der Waals surface area contributed by atoms with Gasteiger partial charge in [0.25, 0.3) is 10.0 Å². The predicted octanol–water partition coefficient (Wildman–Crippen LogP) is 2.48. The number of carbonyl (C=O) groups is 1. The number of aliphatic carboxylic acids is 1. The number of benzene rings is 1. The topological polar surface area (TPSA) is 83.5 Å². The Hall–Kier alpha value is -1.22. The van der Waals surface area contributed by atoms with Crippen molar-refractivity contribution in [3.05, 3.63) is 51.8 Å². The number of nitrogens with one attached hydrogen (secondary N) is 1. The predicted molar refractivity (Wildman–Crippen MR) is 83.9 cm³/mol. The van der Waals surface area contributed by atoms with Gasteiger partial charge in [0.1, 0.15) is 10.3 Å². The van der Waals surface area contributed by atoms with Crippen LogP contribution in [0.4, 0.5) is 0 Å². The third kappa shape index (κ3) is 4.37. The zero-order chi connectivity index (χ0) is 15.5. The van der Waals surface area contributed by atoms with Crippen molar-refractivity contribution in [2.75, 3.05) is 0 Å². The Morgan fingerprint density at radius 2 is 1.90 bits per heavy atom. The second kappa shape index (κ2) is 6.69. The van der Waals surface area contributed by atoms with Gasteiger partial charge in [-0.3, -0.25) is 4.79 Å². The fraction of sp³-hybridized carbons (Fsp3) is 0.154. The number of thiophene rings is 1. The number of sulfonamides is 1. The molecule has 2 rings (SSSR count). The van der Waals surface area contributed by atoms with Crippen LogP contribution in [0.15, 0.2) is 50.5 Å². The van der Waals surface area contributed by atoms with Gasteiger partial charge in [0, 0.05) is 0 Å². The van der Waals surface area contributed by atoms with Gasteiger partial charge in [0.15, 0.2) is 0 Å². The van der Waals surface area contributed by atoms with Gasteiger partial charge in [-0.05, 0) is 40.0 Å². The summed E-state index contributed by atoms with van der Waals surface area (Å²) in [5.74, 6) is -1.21. The molecule has 0 spiro atoms. The van der Waals surface area contributed by atoms with E-state index in [-0.39, 0.29) is 10.6 Å². The molecule has 0 fully saturated rings. The number of hydrogen-bond donors (Lipinski definition) is 2. The quantitative estimate of drug-likeness (QED) is 0.794. The molecule has 8 heteroatoms. The number of rotatable bonds is 6. The van der Waals surface area contributed by atoms with Crippen LogP contribution in [0.1, 0.15) is 5.56 Å². The molecular formula is C13H12BrNO4S2. The first-order valence-corrected chi connectivity index (χ1v) is 9.02. The Bertz CT molecular complexity index is 728. The highest BCUT2D eigenvalue weighted by molar-refractivity contribution is 9.11. The molecule has 0 radical (unpaired) electrons. The summed E-state index contributed by atoms with van der Waals surface area (Å²) in [6.07, 6.45) is 0.0853. The van der Waals surface area contributed by atoms with Crippen LogP contribution in [0.25, 0.3) is 0 Å². The van der Waals surface area contributed by atoms with Gasteiger partial charge < -0.3 is 5.11 Å². The zero-order valence-corrected chi connectivity index (χ0v) is 13.9. The summed E-state index contributed by atoms with van der Waals surface area (Å²) in [4.78, 5) is 11.3. The Kier molecular flexibility index (Phi) is 5.15. The first-order chi connectivity index (χ1) is 9.88. The minimum atomic E-state index is -3.85. The van der Waals surface area contributed by atoms with E-state index < -0.39 is 22.0 Å². The Balaban J connectivity index is 2.18. The lowest BCUT2D eigenvalue weighted by atomic mass is 10.1.